The van der Waals surface area contributed by atoms with E-state index in [2.05, 4.69) is 17.1 Å². The first-order chi connectivity index (χ1) is 9.28. The number of likely N-dealkylation sites (tertiary alicyclic amines) is 1. The first-order valence-corrected chi connectivity index (χ1v) is 8.41. The molecule has 0 spiro atoms. The summed E-state index contributed by atoms with van der Waals surface area (Å²) >= 11 is 0. The molecular formula is C16H32N2O. The summed E-state index contributed by atoms with van der Waals surface area (Å²) in [5.41, 5.74) is 0. The summed E-state index contributed by atoms with van der Waals surface area (Å²) in [7, 11) is 0. The van der Waals surface area contributed by atoms with Gasteiger partial charge in [-0.2, -0.15) is 0 Å². The zero-order valence-electron chi connectivity index (χ0n) is 12.6. The lowest BCUT2D eigenvalue weighted by Crippen LogP contribution is -2.48. The van der Waals surface area contributed by atoms with Crippen molar-refractivity contribution in [3.63, 3.8) is 0 Å². The molecule has 0 aromatic carbocycles. The monoisotopic (exact) mass is 268 g/mol. The smallest absolute Gasteiger partial charge is 0.0669 e. The minimum atomic E-state index is -0.104. The highest BCUT2D eigenvalue weighted by Gasteiger charge is 2.23. The summed E-state index contributed by atoms with van der Waals surface area (Å²) in [4.78, 5) is 2.47. The van der Waals surface area contributed by atoms with E-state index >= 15 is 0 Å². The number of piperidine rings is 1. The van der Waals surface area contributed by atoms with E-state index in [4.69, 9.17) is 0 Å². The minimum Gasteiger partial charge on any atom is -0.392 e. The highest BCUT2D eigenvalue weighted by Crippen LogP contribution is 2.28. The van der Waals surface area contributed by atoms with E-state index in [1.807, 2.05) is 0 Å². The molecule has 0 aromatic rings. The zero-order valence-corrected chi connectivity index (χ0v) is 12.6. The second-order valence-electron chi connectivity index (χ2n) is 6.59. The molecule has 2 N–H and O–H groups in total. The molecule has 0 amide bonds. The van der Waals surface area contributed by atoms with Crippen LogP contribution in [-0.4, -0.2) is 48.3 Å². The van der Waals surface area contributed by atoms with E-state index < -0.39 is 0 Å². The number of nitrogens with one attached hydrogen (secondary N) is 1. The quantitative estimate of drug-likeness (QED) is 0.744. The van der Waals surface area contributed by atoms with Gasteiger partial charge in [-0.25, -0.2) is 0 Å². The van der Waals surface area contributed by atoms with Crippen LogP contribution in [0.3, 0.4) is 0 Å². The van der Waals surface area contributed by atoms with Crippen molar-refractivity contribution < 1.29 is 5.11 Å². The molecule has 0 aromatic heterocycles. The molecule has 3 heteroatoms. The van der Waals surface area contributed by atoms with E-state index in [1.54, 1.807) is 0 Å². The van der Waals surface area contributed by atoms with Crippen LogP contribution in [0.4, 0.5) is 0 Å². The maximum atomic E-state index is 10.3. The fraction of sp³-hybridized carbons (Fsp3) is 1.00. The van der Waals surface area contributed by atoms with Crippen LogP contribution in [0, 0.1) is 5.92 Å². The van der Waals surface area contributed by atoms with Crippen LogP contribution in [0.15, 0.2) is 0 Å². The molecule has 1 saturated carbocycles. The lowest BCUT2D eigenvalue weighted by molar-refractivity contribution is 0.0746. The molecule has 1 saturated heterocycles. The Morgan fingerprint density at radius 3 is 2.74 bits per heavy atom. The van der Waals surface area contributed by atoms with E-state index in [1.165, 1.54) is 51.5 Å². The van der Waals surface area contributed by atoms with Crippen molar-refractivity contribution in [2.45, 2.75) is 70.4 Å². The van der Waals surface area contributed by atoms with Crippen LogP contribution >= 0.6 is 0 Å². The molecule has 1 heterocycles. The van der Waals surface area contributed by atoms with Gasteiger partial charge in [0.1, 0.15) is 0 Å². The average Bonchev–Trinajstić information content (AvgIpc) is 2.89. The summed E-state index contributed by atoms with van der Waals surface area (Å²) < 4.78 is 0. The third-order valence-electron chi connectivity index (χ3n) is 4.74. The van der Waals surface area contributed by atoms with Crippen LogP contribution in [0.1, 0.15) is 58.3 Å². The summed E-state index contributed by atoms with van der Waals surface area (Å²) in [5, 5.41) is 13.9. The van der Waals surface area contributed by atoms with Crippen LogP contribution < -0.4 is 5.32 Å². The van der Waals surface area contributed by atoms with Gasteiger partial charge in [0.05, 0.1) is 6.10 Å². The maximum Gasteiger partial charge on any atom is 0.0669 e. The highest BCUT2D eigenvalue weighted by atomic mass is 16.3. The molecule has 1 aliphatic carbocycles. The van der Waals surface area contributed by atoms with Crippen LogP contribution in [0.5, 0.6) is 0 Å². The molecule has 19 heavy (non-hydrogen) atoms. The SMILES string of the molecule is CCCNC1CCCN(CC(O)CC2CCCC2)C1. The van der Waals surface area contributed by atoms with Gasteiger partial charge in [-0.15, -0.1) is 0 Å². The lowest BCUT2D eigenvalue weighted by Gasteiger charge is -2.34. The Balaban J connectivity index is 1.65. The molecule has 2 fully saturated rings. The fourth-order valence-corrected chi connectivity index (χ4v) is 3.74. The van der Waals surface area contributed by atoms with Gasteiger partial charge in [-0.3, -0.25) is 4.90 Å². The van der Waals surface area contributed by atoms with Gasteiger partial charge in [0.2, 0.25) is 0 Å². The largest absolute Gasteiger partial charge is 0.392 e. The number of nitrogens with zero attached hydrogens (tertiary/aromatic N) is 1. The van der Waals surface area contributed by atoms with Gasteiger partial charge >= 0.3 is 0 Å². The lowest BCUT2D eigenvalue weighted by atomic mass is 9.98. The third-order valence-corrected chi connectivity index (χ3v) is 4.74. The molecule has 1 aliphatic heterocycles. The molecule has 0 bridgehead atoms. The summed E-state index contributed by atoms with van der Waals surface area (Å²) in [6, 6.07) is 0.646. The molecule has 3 nitrogen and oxygen atoms in total. The van der Waals surface area contributed by atoms with Crippen molar-refractivity contribution in [3.8, 4) is 0 Å². The zero-order chi connectivity index (χ0) is 13.5. The van der Waals surface area contributed by atoms with Crippen molar-refractivity contribution >= 4 is 0 Å². The number of rotatable bonds is 7. The van der Waals surface area contributed by atoms with Crippen molar-refractivity contribution in [3.05, 3.63) is 0 Å². The summed E-state index contributed by atoms with van der Waals surface area (Å²) in [5.74, 6) is 0.800. The maximum absolute atomic E-state index is 10.3. The summed E-state index contributed by atoms with van der Waals surface area (Å²) in [6.07, 6.45) is 10.2. The number of aliphatic hydroxyl groups excluding tert-OH is 1. The standard InChI is InChI=1S/C16H32N2O/c1-2-9-17-15-8-5-10-18(12-15)13-16(19)11-14-6-3-4-7-14/h14-17,19H,2-13H2,1H3. The van der Waals surface area contributed by atoms with E-state index in [0.29, 0.717) is 6.04 Å². The fourth-order valence-electron chi connectivity index (χ4n) is 3.74. The van der Waals surface area contributed by atoms with Gasteiger partial charge < -0.3 is 10.4 Å². The Hall–Kier alpha value is -0.120. The highest BCUT2D eigenvalue weighted by molar-refractivity contribution is 4.80. The van der Waals surface area contributed by atoms with Crippen molar-refractivity contribution in [1.82, 2.24) is 10.2 Å². The number of hydrogen-bond donors (Lipinski definition) is 2. The molecule has 0 radical (unpaired) electrons. The second-order valence-corrected chi connectivity index (χ2v) is 6.59. The Kier molecular flexibility index (Phi) is 6.62. The van der Waals surface area contributed by atoms with Gasteiger partial charge in [0.15, 0.2) is 0 Å². The minimum absolute atomic E-state index is 0.104. The van der Waals surface area contributed by atoms with Gasteiger partial charge in [0.25, 0.3) is 0 Å². The third kappa shape index (κ3) is 5.41. The first-order valence-electron chi connectivity index (χ1n) is 8.41. The second kappa shape index (κ2) is 8.23. The number of β-amino-alcohol motifs (C(OH)–C–C–N with tert-alkyl or cyclic N) is 1. The topological polar surface area (TPSA) is 35.5 Å². The molecule has 2 rings (SSSR count). The number of hydrogen-bond acceptors (Lipinski definition) is 3. The Bertz CT molecular complexity index is 241. The van der Waals surface area contributed by atoms with Gasteiger partial charge in [0, 0.05) is 19.1 Å². The first kappa shape index (κ1) is 15.3. The normalized spacial score (nSPS) is 27.8. The number of aliphatic hydroxyl groups is 1. The predicted octanol–water partition coefficient (Wildman–Crippen LogP) is 2.39. The average molecular weight is 268 g/mol. The van der Waals surface area contributed by atoms with Crippen molar-refractivity contribution in [2.75, 3.05) is 26.2 Å². The van der Waals surface area contributed by atoms with Crippen LogP contribution in [0.25, 0.3) is 0 Å². The van der Waals surface area contributed by atoms with Gasteiger partial charge in [-0.1, -0.05) is 32.6 Å². The Morgan fingerprint density at radius 2 is 2.00 bits per heavy atom. The van der Waals surface area contributed by atoms with Gasteiger partial charge in [-0.05, 0) is 44.7 Å². The predicted molar refractivity (Wildman–Crippen MR) is 80.3 cm³/mol. The van der Waals surface area contributed by atoms with Crippen molar-refractivity contribution in [2.24, 2.45) is 5.92 Å². The molecule has 2 atom stereocenters. The molecule has 2 unspecified atom stereocenters. The van der Waals surface area contributed by atoms with E-state index in [0.717, 1.165) is 32.0 Å². The molecule has 112 valence electrons. The summed E-state index contributed by atoms with van der Waals surface area (Å²) in [6.45, 7) is 6.54. The van der Waals surface area contributed by atoms with Crippen LogP contribution in [0.2, 0.25) is 0 Å². The van der Waals surface area contributed by atoms with E-state index in [-0.39, 0.29) is 6.10 Å². The Morgan fingerprint density at radius 1 is 1.21 bits per heavy atom. The Labute approximate surface area is 118 Å². The van der Waals surface area contributed by atoms with Crippen LogP contribution in [-0.2, 0) is 0 Å². The van der Waals surface area contributed by atoms with E-state index in [9.17, 15) is 5.11 Å². The molecule has 2 aliphatic rings. The van der Waals surface area contributed by atoms with Crippen molar-refractivity contribution in [1.29, 1.82) is 0 Å². The molecular weight excluding hydrogens is 236 g/mol.